The van der Waals surface area contributed by atoms with Crippen LogP contribution in [0.2, 0.25) is 20.1 Å². The van der Waals surface area contributed by atoms with Crippen molar-refractivity contribution >= 4 is 68.6 Å². The lowest BCUT2D eigenvalue weighted by Crippen LogP contribution is -2.03. The monoisotopic (exact) mass is 390 g/mol. The highest BCUT2D eigenvalue weighted by molar-refractivity contribution is 7.91. The van der Waals surface area contributed by atoms with Gasteiger partial charge in [0.05, 0.1) is 19.8 Å². The zero-order valence-corrected chi connectivity index (χ0v) is 14.3. The number of hydrogen-bond donors (Lipinski definition) is 0. The minimum absolute atomic E-state index is 0. The standard InChI is InChI=1S/C12H6Cl4O2S.ClH/c13-7-1-3-11(9(15)5-7)19(17,18)12-4-2-8(14)6-10(12)16;/h1-6H;1H. The Morgan fingerprint density at radius 1 is 0.700 bits per heavy atom. The fourth-order valence-electron chi connectivity index (χ4n) is 1.50. The molecule has 0 saturated carbocycles. The molecule has 0 spiro atoms. The molecular formula is C12H7Cl5O2S. The summed E-state index contributed by atoms with van der Waals surface area (Å²) in [5.74, 6) is 0. The summed E-state index contributed by atoms with van der Waals surface area (Å²) in [4.78, 5) is -0.106. The van der Waals surface area contributed by atoms with Gasteiger partial charge in [0, 0.05) is 10.0 Å². The first-order valence-corrected chi connectivity index (χ1v) is 7.97. The van der Waals surface area contributed by atoms with Gasteiger partial charge >= 0.3 is 0 Å². The molecule has 8 heteroatoms. The van der Waals surface area contributed by atoms with E-state index in [0.29, 0.717) is 10.0 Å². The highest BCUT2D eigenvalue weighted by atomic mass is 35.5. The molecule has 0 heterocycles. The average Bonchev–Trinajstić information content (AvgIpc) is 2.27. The van der Waals surface area contributed by atoms with Crippen molar-refractivity contribution in [3.8, 4) is 0 Å². The van der Waals surface area contributed by atoms with E-state index in [-0.39, 0.29) is 32.2 Å². The molecule has 2 rings (SSSR count). The third-order valence-corrected chi connectivity index (χ3v) is 5.56. The molecule has 0 saturated heterocycles. The van der Waals surface area contributed by atoms with Gasteiger partial charge in [0.25, 0.3) is 0 Å². The molecule has 0 fully saturated rings. The molecule has 2 aromatic rings. The second kappa shape index (κ2) is 6.73. The third kappa shape index (κ3) is 3.53. The van der Waals surface area contributed by atoms with Crippen LogP contribution in [0.5, 0.6) is 0 Å². The molecule has 0 atom stereocenters. The summed E-state index contributed by atoms with van der Waals surface area (Å²) in [5, 5.41) is 0.786. The zero-order chi connectivity index (χ0) is 14.2. The zero-order valence-electron chi connectivity index (χ0n) is 9.61. The van der Waals surface area contributed by atoms with E-state index in [2.05, 4.69) is 0 Å². The van der Waals surface area contributed by atoms with Gasteiger partial charge in [-0.1, -0.05) is 46.4 Å². The molecule has 2 aromatic carbocycles. The molecule has 0 unspecified atom stereocenters. The Kier molecular flexibility index (Phi) is 6.02. The van der Waals surface area contributed by atoms with Gasteiger partial charge in [0.1, 0.15) is 0 Å². The summed E-state index contributed by atoms with van der Waals surface area (Å²) in [7, 11) is -3.82. The van der Waals surface area contributed by atoms with Crippen molar-refractivity contribution in [1.29, 1.82) is 0 Å². The van der Waals surface area contributed by atoms with Crippen LogP contribution in [0.4, 0.5) is 0 Å². The Morgan fingerprint density at radius 2 is 1.05 bits per heavy atom. The van der Waals surface area contributed by atoms with Crippen molar-refractivity contribution < 1.29 is 8.42 Å². The summed E-state index contributed by atoms with van der Waals surface area (Å²) in [6.45, 7) is 0. The molecule has 0 N–H and O–H groups in total. The fraction of sp³-hybridized carbons (Fsp3) is 0. The Balaban J connectivity index is 0.00000200. The number of hydrogen-bond acceptors (Lipinski definition) is 2. The maximum atomic E-state index is 12.4. The van der Waals surface area contributed by atoms with Crippen LogP contribution in [-0.2, 0) is 9.84 Å². The normalized spacial score (nSPS) is 11.0. The lowest BCUT2D eigenvalue weighted by Gasteiger charge is -2.08. The van der Waals surface area contributed by atoms with Crippen molar-refractivity contribution in [2.24, 2.45) is 0 Å². The molecule has 0 amide bonds. The van der Waals surface area contributed by atoms with Crippen molar-refractivity contribution in [1.82, 2.24) is 0 Å². The minimum atomic E-state index is -3.82. The van der Waals surface area contributed by atoms with Crippen LogP contribution in [0, 0.1) is 0 Å². The lowest BCUT2D eigenvalue weighted by molar-refractivity contribution is 0.596. The SMILES string of the molecule is Cl.O=S(=O)(c1ccc(Cl)cc1Cl)c1ccc(Cl)cc1Cl. The van der Waals surface area contributed by atoms with Gasteiger partial charge < -0.3 is 0 Å². The van der Waals surface area contributed by atoms with E-state index in [1.54, 1.807) is 0 Å². The van der Waals surface area contributed by atoms with E-state index < -0.39 is 9.84 Å². The van der Waals surface area contributed by atoms with Gasteiger partial charge in [-0.2, -0.15) is 0 Å². The second-order valence-corrected chi connectivity index (χ2v) is 7.23. The topological polar surface area (TPSA) is 34.1 Å². The highest BCUT2D eigenvalue weighted by Crippen LogP contribution is 2.34. The van der Waals surface area contributed by atoms with Gasteiger partial charge in [-0.25, -0.2) is 8.42 Å². The number of rotatable bonds is 2. The molecule has 108 valence electrons. The van der Waals surface area contributed by atoms with Crippen LogP contribution in [-0.4, -0.2) is 8.42 Å². The molecule has 20 heavy (non-hydrogen) atoms. The molecule has 0 aliphatic carbocycles. The van der Waals surface area contributed by atoms with Crippen molar-refractivity contribution in [3.63, 3.8) is 0 Å². The molecule has 0 bridgehead atoms. The summed E-state index contributed by atoms with van der Waals surface area (Å²) < 4.78 is 24.9. The summed E-state index contributed by atoms with van der Waals surface area (Å²) in [5.41, 5.74) is 0. The van der Waals surface area contributed by atoms with E-state index in [9.17, 15) is 8.42 Å². The fourth-order valence-corrected chi connectivity index (χ4v) is 4.29. The van der Waals surface area contributed by atoms with E-state index in [1.165, 1.54) is 36.4 Å². The van der Waals surface area contributed by atoms with Crippen LogP contribution in [0.3, 0.4) is 0 Å². The smallest absolute Gasteiger partial charge is 0.209 e. The van der Waals surface area contributed by atoms with Gasteiger partial charge in [0.2, 0.25) is 9.84 Å². The average molecular weight is 393 g/mol. The molecule has 0 aliphatic rings. The summed E-state index contributed by atoms with van der Waals surface area (Å²) in [6.07, 6.45) is 0. The maximum Gasteiger partial charge on any atom is 0.209 e. The predicted molar refractivity (Wildman–Crippen MR) is 85.6 cm³/mol. The maximum absolute atomic E-state index is 12.4. The Bertz CT molecular complexity index is 686. The highest BCUT2D eigenvalue weighted by Gasteiger charge is 2.23. The van der Waals surface area contributed by atoms with E-state index >= 15 is 0 Å². The summed E-state index contributed by atoms with van der Waals surface area (Å²) >= 11 is 23.3. The van der Waals surface area contributed by atoms with Crippen LogP contribution >= 0.6 is 58.8 Å². The van der Waals surface area contributed by atoms with Crippen molar-refractivity contribution in [3.05, 3.63) is 56.5 Å². The van der Waals surface area contributed by atoms with Gasteiger partial charge in [-0.05, 0) is 36.4 Å². The molecule has 0 aliphatic heterocycles. The first-order valence-electron chi connectivity index (χ1n) is 4.97. The Hall–Kier alpha value is -0.160. The number of sulfone groups is 1. The van der Waals surface area contributed by atoms with Crippen LogP contribution in [0.15, 0.2) is 46.2 Å². The molecule has 0 aromatic heterocycles. The largest absolute Gasteiger partial charge is 0.218 e. The molecule has 0 radical (unpaired) electrons. The van der Waals surface area contributed by atoms with Crippen LogP contribution in [0.1, 0.15) is 0 Å². The first kappa shape index (κ1) is 17.9. The third-order valence-electron chi connectivity index (χ3n) is 2.37. The first-order chi connectivity index (χ1) is 8.82. The predicted octanol–water partition coefficient (Wildman–Crippen LogP) is 5.55. The van der Waals surface area contributed by atoms with Crippen molar-refractivity contribution in [2.45, 2.75) is 9.79 Å². The van der Waals surface area contributed by atoms with Crippen LogP contribution in [0.25, 0.3) is 0 Å². The number of benzene rings is 2. The Morgan fingerprint density at radius 3 is 1.35 bits per heavy atom. The van der Waals surface area contributed by atoms with Crippen LogP contribution < -0.4 is 0 Å². The quantitative estimate of drug-likeness (QED) is 0.671. The van der Waals surface area contributed by atoms with Crippen molar-refractivity contribution in [2.75, 3.05) is 0 Å². The minimum Gasteiger partial charge on any atom is -0.218 e. The van der Waals surface area contributed by atoms with Gasteiger partial charge in [0.15, 0.2) is 0 Å². The van der Waals surface area contributed by atoms with Gasteiger partial charge in [-0.3, -0.25) is 0 Å². The lowest BCUT2D eigenvalue weighted by atomic mass is 10.3. The van der Waals surface area contributed by atoms with Gasteiger partial charge in [-0.15, -0.1) is 12.4 Å². The molecular weight excluding hydrogens is 385 g/mol. The van der Waals surface area contributed by atoms with E-state index in [0.717, 1.165) is 0 Å². The summed E-state index contributed by atoms with van der Waals surface area (Å²) in [6, 6.07) is 8.30. The van der Waals surface area contributed by atoms with E-state index in [1.807, 2.05) is 0 Å². The Labute approximate surface area is 142 Å². The number of halogens is 5. The van der Waals surface area contributed by atoms with E-state index in [4.69, 9.17) is 46.4 Å². The second-order valence-electron chi connectivity index (χ2n) is 3.65. The molecule has 2 nitrogen and oxygen atoms in total.